The van der Waals surface area contributed by atoms with Crippen molar-refractivity contribution in [2.45, 2.75) is 56.8 Å². The van der Waals surface area contributed by atoms with Crippen molar-refractivity contribution in [3.8, 4) is 5.75 Å². The molecule has 0 radical (unpaired) electrons. The van der Waals surface area contributed by atoms with Crippen LogP contribution in [0.5, 0.6) is 5.75 Å². The maximum Gasteiger partial charge on any atom is 0.573 e. The van der Waals surface area contributed by atoms with Gasteiger partial charge in [0.15, 0.2) is 0 Å². The van der Waals surface area contributed by atoms with E-state index in [9.17, 15) is 18.0 Å². The number of ether oxygens (including phenoxy) is 1. The summed E-state index contributed by atoms with van der Waals surface area (Å²) in [6.07, 6.45) is 2.80. The third-order valence-corrected chi connectivity index (χ3v) is 8.00. The van der Waals surface area contributed by atoms with Crippen molar-refractivity contribution in [1.82, 2.24) is 4.90 Å². The molecule has 2 aromatic carbocycles. The Bertz CT molecular complexity index is 1140. The van der Waals surface area contributed by atoms with Crippen LogP contribution in [0.15, 0.2) is 47.8 Å². The minimum Gasteiger partial charge on any atom is -0.406 e. The summed E-state index contributed by atoms with van der Waals surface area (Å²) in [7, 11) is 0. The largest absolute Gasteiger partial charge is 0.573 e. The molecule has 2 unspecified atom stereocenters. The Balaban J connectivity index is 1.30. The van der Waals surface area contributed by atoms with Crippen molar-refractivity contribution in [1.29, 1.82) is 0 Å². The number of nitrogens with one attached hydrogen (secondary N) is 1. The number of carbonyl (C=O) groups is 1. The Labute approximate surface area is 200 Å². The number of thiophene rings is 1. The van der Waals surface area contributed by atoms with E-state index >= 15 is 0 Å². The third-order valence-electron chi connectivity index (χ3n) is 7.01. The van der Waals surface area contributed by atoms with Gasteiger partial charge >= 0.3 is 6.36 Å². The van der Waals surface area contributed by atoms with Crippen LogP contribution in [-0.2, 0) is 0 Å². The first-order valence-corrected chi connectivity index (χ1v) is 12.7. The molecule has 0 spiro atoms. The number of carbonyl (C=O) groups excluding carboxylic acids is 1. The molecule has 1 amide bonds. The second kappa shape index (κ2) is 9.58. The van der Waals surface area contributed by atoms with Crippen LogP contribution in [0.1, 0.15) is 60.4 Å². The quantitative estimate of drug-likeness (QED) is 0.423. The number of alkyl halides is 3. The van der Waals surface area contributed by atoms with E-state index in [1.165, 1.54) is 66.4 Å². The van der Waals surface area contributed by atoms with Gasteiger partial charge in [-0.05, 0) is 110 Å². The second-order valence-electron chi connectivity index (χ2n) is 9.18. The number of amides is 1. The minimum atomic E-state index is -4.76. The molecule has 5 rings (SSSR count). The zero-order chi connectivity index (χ0) is 23.7. The van der Waals surface area contributed by atoms with E-state index < -0.39 is 6.36 Å². The summed E-state index contributed by atoms with van der Waals surface area (Å²) in [6.45, 7) is 2.37. The molecule has 4 nitrogen and oxygen atoms in total. The highest BCUT2D eigenvalue weighted by molar-refractivity contribution is 7.17. The molecule has 2 aliphatic rings. The lowest BCUT2D eigenvalue weighted by Crippen LogP contribution is -2.38. The normalized spacial score (nSPS) is 21.6. The molecule has 2 fully saturated rings. The molecule has 1 N–H and O–H groups in total. The van der Waals surface area contributed by atoms with Crippen molar-refractivity contribution in [2.24, 2.45) is 0 Å². The Hall–Kier alpha value is -2.58. The maximum absolute atomic E-state index is 12.7. The number of halogens is 3. The van der Waals surface area contributed by atoms with Crippen molar-refractivity contribution in [3.63, 3.8) is 0 Å². The fraction of sp³-hybridized carbons (Fsp3) is 0.423. The summed E-state index contributed by atoms with van der Waals surface area (Å²) in [5.74, 6) is -0.208. The molecule has 180 valence electrons. The molecule has 1 aromatic heterocycles. The van der Waals surface area contributed by atoms with E-state index in [1.54, 1.807) is 11.3 Å². The second-order valence-corrected chi connectivity index (χ2v) is 10.1. The smallest absolute Gasteiger partial charge is 0.406 e. The maximum atomic E-state index is 12.7. The summed E-state index contributed by atoms with van der Waals surface area (Å²) >= 11 is 1.74. The van der Waals surface area contributed by atoms with E-state index in [2.05, 4.69) is 20.3 Å². The highest BCUT2D eigenvalue weighted by atomic mass is 32.1. The molecule has 3 aromatic rings. The fourth-order valence-corrected chi connectivity index (χ4v) is 6.33. The monoisotopic (exact) mass is 488 g/mol. The van der Waals surface area contributed by atoms with E-state index in [-0.39, 0.29) is 17.2 Å². The van der Waals surface area contributed by atoms with Gasteiger partial charge in [-0.15, -0.1) is 24.5 Å². The van der Waals surface area contributed by atoms with Crippen molar-refractivity contribution < 1.29 is 22.7 Å². The predicted octanol–water partition coefficient (Wildman–Crippen LogP) is 7.17. The molecule has 2 aliphatic heterocycles. The Morgan fingerprint density at radius 3 is 2.62 bits per heavy atom. The van der Waals surface area contributed by atoms with Crippen LogP contribution in [0.4, 0.5) is 18.9 Å². The predicted molar refractivity (Wildman–Crippen MR) is 129 cm³/mol. The first-order valence-electron chi connectivity index (χ1n) is 11.8. The van der Waals surface area contributed by atoms with Gasteiger partial charge in [0.1, 0.15) is 5.75 Å². The van der Waals surface area contributed by atoms with Gasteiger partial charge in [0.05, 0.1) is 0 Å². The molecule has 34 heavy (non-hydrogen) atoms. The average molecular weight is 489 g/mol. The van der Waals surface area contributed by atoms with Crippen LogP contribution >= 0.6 is 11.3 Å². The number of anilines is 1. The highest BCUT2D eigenvalue weighted by Gasteiger charge is 2.31. The van der Waals surface area contributed by atoms with E-state index in [0.29, 0.717) is 11.6 Å². The SMILES string of the molecule is O=C(Nc1ccc2scc(C3CCC4CCCCN4CC3)c2c1)c1ccc(OC(F)(F)F)cc1. The Morgan fingerprint density at radius 1 is 1.00 bits per heavy atom. The number of piperidine rings is 1. The first kappa shape index (κ1) is 23.2. The van der Waals surface area contributed by atoms with Crippen LogP contribution in [-0.4, -0.2) is 36.3 Å². The van der Waals surface area contributed by atoms with Crippen LogP contribution < -0.4 is 10.1 Å². The topological polar surface area (TPSA) is 41.6 Å². The van der Waals surface area contributed by atoms with Crippen LogP contribution in [0, 0.1) is 0 Å². The zero-order valence-electron chi connectivity index (χ0n) is 18.7. The molecular weight excluding hydrogens is 461 g/mol. The lowest BCUT2D eigenvalue weighted by Gasteiger charge is -2.33. The number of nitrogens with zero attached hydrogens (tertiary/aromatic N) is 1. The van der Waals surface area contributed by atoms with Crippen LogP contribution in [0.3, 0.4) is 0 Å². The number of hydrogen-bond donors (Lipinski definition) is 1. The molecule has 0 bridgehead atoms. The van der Waals surface area contributed by atoms with E-state index in [1.807, 2.05) is 18.2 Å². The average Bonchev–Trinajstić information content (AvgIpc) is 3.10. The molecule has 2 saturated heterocycles. The van der Waals surface area contributed by atoms with Gasteiger partial charge < -0.3 is 15.0 Å². The number of benzene rings is 2. The van der Waals surface area contributed by atoms with Crippen molar-refractivity contribution >= 4 is 33.0 Å². The summed E-state index contributed by atoms with van der Waals surface area (Å²) < 4.78 is 42.1. The molecule has 3 heterocycles. The summed E-state index contributed by atoms with van der Waals surface area (Å²) in [5, 5.41) is 6.34. The number of fused-ring (bicyclic) bond motifs is 2. The van der Waals surface area contributed by atoms with Gasteiger partial charge in [0, 0.05) is 22.0 Å². The number of hydrogen-bond acceptors (Lipinski definition) is 4. The summed E-state index contributed by atoms with van der Waals surface area (Å²) in [6, 6.07) is 11.6. The van der Waals surface area contributed by atoms with E-state index in [4.69, 9.17) is 0 Å². The zero-order valence-corrected chi connectivity index (χ0v) is 19.6. The summed E-state index contributed by atoms with van der Waals surface area (Å²) in [5.41, 5.74) is 2.31. The van der Waals surface area contributed by atoms with E-state index in [0.717, 1.165) is 31.1 Å². The van der Waals surface area contributed by atoms with Gasteiger partial charge in [-0.25, -0.2) is 0 Å². The minimum absolute atomic E-state index is 0.264. The van der Waals surface area contributed by atoms with Crippen LogP contribution in [0.25, 0.3) is 10.1 Å². The summed E-state index contributed by atoms with van der Waals surface area (Å²) in [4.78, 5) is 15.4. The molecule has 0 aliphatic carbocycles. The van der Waals surface area contributed by atoms with Gasteiger partial charge in [0.2, 0.25) is 0 Å². The van der Waals surface area contributed by atoms with Gasteiger partial charge in [-0.2, -0.15) is 0 Å². The standard InChI is InChI=1S/C26H27F3N2O2S/c27-26(28,29)33-21-9-5-18(6-10-21)25(32)30-19-7-11-24-22(15-19)23(16-34-24)17-4-8-20-3-1-2-13-31(20)14-12-17/h5-7,9-11,15-17,20H,1-4,8,12-14H2,(H,30,32). The number of rotatable bonds is 4. The van der Waals surface area contributed by atoms with Crippen molar-refractivity contribution in [3.05, 3.63) is 59.0 Å². The first-order chi connectivity index (χ1) is 16.4. The lowest BCUT2D eigenvalue weighted by atomic mass is 9.90. The Kier molecular flexibility index (Phi) is 6.53. The molecule has 0 saturated carbocycles. The lowest BCUT2D eigenvalue weighted by molar-refractivity contribution is -0.274. The molecule has 2 atom stereocenters. The van der Waals surface area contributed by atoms with Gasteiger partial charge in [-0.1, -0.05) is 6.42 Å². The van der Waals surface area contributed by atoms with Gasteiger partial charge in [-0.3, -0.25) is 4.79 Å². The van der Waals surface area contributed by atoms with Crippen molar-refractivity contribution in [2.75, 3.05) is 18.4 Å². The highest BCUT2D eigenvalue weighted by Crippen LogP contribution is 2.40. The van der Waals surface area contributed by atoms with Gasteiger partial charge in [0.25, 0.3) is 5.91 Å². The fourth-order valence-electron chi connectivity index (χ4n) is 5.31. The molecule has 8 heteroatoms. The Morgan fingerprint density at radius 2 is 1.82 bits per heavy atom. The van der Waals surface area contributed by atoms with Crippen LogP contribution in [0.2, 0.25) is 0 Å². The molecular formula is C26H27F3N2O2S. The third kappa shape index (κ3) is 5.23.